The first-order valence-corrected chi connectivity index (χ1v) is 4.15. The van der Waals surface area contributed by atoms with Crippen LogP contribution in [-0.2, 0) is 0 Å². The van der Waals surface area contributed by atoms with E-state index in [1.165, 1.54) is 0 Å². The molecule has 0 N–H and O–H groups in total. The molecule has 1 aliphatic rings. The molecule has 1 unspecified atom stereocenters. The van der Waals surface area contributed by atoms with E-state index in [1.54, 1.807) is 0 Å². The number of hydrogen-bond donors (Lipinski definition) is 0. The maximum absolute atomic E-state index is 12.8. The first-order valence-electron chi connectivity index (χ1n) is 4.15. The van der Waals surface area contributed by atoms with Gasteiger partial charge >= 0.3 is 18.5 Å². The molecule has 100 valence electrons. The summed E-state index contributed by atoms with van der Waals surface area (Å²) in [6, 6.07) is -5.36. The second-order valence-corrected chi connectivity index (χ2v) is 3.25. The van der Waals surface area contributed by atoms with Gasteiger partial charge < -0.3 is 0 Å². The summed E-state index contributed by atoms with van der Waals surface area (Å²) in [5.41, 5.74) is 0. The van der Waals surface area contributed by atoms with Crippen molar-refractivity contribution in [3.05, 3.63) is 12.4 Å². The van der Waals surface area contributed by atoms with E-state index in [0.29, 0.717) is 6.92 Å². The van der Waals surface area contributed by atoms with Gasteiger partial charge in [-0.3, -0.25) is 9.80 Å². The van der Waals surface area contributed by atoms with Gasteiger partial charge in [-0.05, 0) is 6.92 Å². The summed E-state index contributed by atoms with van der Waals surface area (Å²) in [5.74, 6) is 0. The van der Waals surface area contributed by atoms with Crippen LogP contribution in [0.1, 0.15) is 6.92 Å². The zero-order valence-electron chi connectivity index (χ0n) is 8.15. The quantitative estimate of drug-likeness (QED) is 0.533. The maximum Gasteiger partial charge on any atom is 0.486 e. The Hall–Kier alpha value is -1.22. The largest absolute Gasteiger partial charge is 0.486 e. The normalized spacial score (nSPS) is 22.5. The number of rotatable bonds is 1. The van der Waals surface area contributed by atoms with Crippen molar-refractivity contribution < 1.29 is 35.1 Å². The van der Waals surface area contributed by atoms with Crippen LogP contribution in [0.4, 0.5) is 35.1 Å². The molecule has 0 radical (unpaired) electrons. The minimum absolute atomic E-state index is 0.0612. The minimum atomic E-state index is -5.95. The Kier molecular flexibility index (Phi) is 2.96. The van der Waals surface area contributed by atoms with E-state index in [1.807, 2.05) is 0 Å². The molecule has 0 amide bonds. The molecule has 10 heteroatoms. The van der Waals surface area contributed by atoms with Crippen LogP contribution in [0.5, 0.6) is 0 Å². The van der Waals surface area contributed by atoms with Crippen molar-refractivity contribution >= 4 is 0 Å². The summed E-state index contributed by atoms with van der Waals surface area (Å²) in [5, 5.41) is 0. The fraction of sp³-hybridized carbons (Fsp3) is 0.714. The Morgan fingerprint density at radius 2 is 1.24 bits per heavy atom. The molecule has 17 heavy (non-hydrogen) atoms. The van der Waals surface area contributed by atoms with Crippen LogP contribution in [0, 0.1) is 0 Å². The predicted octanol–water partition coefficient (Wildman–Crippen LogP) is 3.10. The van der Waals surface area contributed by atoms with Gasteiger partial charge in [0, 0.05) is 12.4 Å². The highest BCUT2D eigenvalue weighted by molar-refractivity contribution is 5.01. The van der Waals surface area contributed by atoms with Crippen molar-refractivity contribution in [2.24, 2.45) is 0 Å². The monoisotopic (exact) mass is 270 g/mol. The third kappa shape index (κ3) is 2.25. The molecular formula is C7H6F8N2. The lowest BCUT2D eigenvalue weighted by atomic mass is 10.4. The highest BCUT2D eigenvalue weighted by Gasteiger charge is 2.64. The molecule has 1 heterocycles. The van der Waals surface area contributed by atoms with Crippen LogP contribution in [0.15, 0.2) is 12.4 Å². The summed E-state index contributed by atoms with van der Waals surface area (Å²) < 4.78 is 98.1. The fourth-order valence-corrected chi connectivity index (χ4v) is 1.30. The Bertz CT molecular complexity index is 317. The average Bonchev–Trinajstić information content (AvgIpc) is 2.43. The summed E-state index contributed by atoms with van der Waals surface area (Å²) in [6.07, 6.45) is -13.0. The summed E-state index contributed by atoms with van der Waals surface area (Å²) in [6.45, 7) is 0.590. The average molecular weight is 270 g/mol. The zero-order valence-corrected chi connectivity index (χ0v) is 8.15. The van der Waals surface area contributed by atoms with Crippen molar-refractivity contribution in [2.75, 3.05) is 0 Å². The molecule has 0 aliphatic carbocycles. The zero-order chi connectivity index (χ0) is 13.6. The van der Waals surface area contributed by atoms with Crippen LogP contribution >= 0.6 is 0 Å². The Labute approximate surface area is 90.1 Å². The maximum atomic E-state index is 12.8. The number of alkyl halides is 8. The lowest BCUT2D eigenvalue weighted by molar-refractivity contribution is -0.347. The van der Waals surface area contributed by atoms with Gasteiger partial charge in [0.1, 0.15) is 6.17 Å². The van der Waals surface area contributed by atoms with E-state index in [9.17, 15) is 35.1 Å². The Morgan fingerprint density at radius 1 is 0.824 bits per heavy atom. The summed E-state index contributed by atoms with van der Waals surface area (Å²) >= 11 is 0. The van der Waals surface area contributed by atoms with Gasteiger partial charge in [0.2, 0.25) is 0 Å². The van der Waals surface area contributed by atoms with Crippen LogP contribution in [-0.4, -0.2) is 34.5 Å². The van der Waals surface area contributed by atoms with Crippen LogP contribution in [0.25, 0.3) is 0 Å². The summed E-state index contributed by atoms with van der Waals surface area (Å²) in [7, 11) is 0. The van der Waals surface area contributed by atoms with E-state index in [0.717, 1.165) is 0 Å². The standard InChI is InChI=1S/C7H6F8N2/c1-4-16(6(11,12)5(8,9)10)2-3-17(4)7(13,14)15/h2-4H,1H3. The van der Waals surface area contributed by atoms with Gasteiger partial charge in [0.15, 0.2) is 0 Å². The van der Waals surface area contributed by atoms with E-state index >= 15 is 0 Å². The lowest BCUT2D eigenvalue weighted by Crippen LogP contribution is -2.56. The predicted molar refractivity (Wildman–Crippen MR) is 39.3 cm³/mol. The van der Waals surface area contributed by atoms with Crippen molar-refractivity contribution in [2.45, 2.75) is 31.6 Å². The van der Waals surface area contributed by atoms with Gasteiger partial charge in [-0.2, -0.15) is 35.1 Å². The third-order valence-electron chi connectivity index (χ3n) is 2.15. The van der Waals surface area contributed by atoms with E-state index in [-0.39, 0.29) is 12.4 Å². The molecule has 0 bridgehead atoms. The number of hydrogen-bond acceptors (Lipinski definition) is 2. The molecule has 0 saturated carbocycles. The van der Waals surface area contributed by atoms with E-state index in [4.69, 9.17) is 0 Å². The van der Waals surface area contributed by atoms with Crippen molar-refractivity contribution in [3.8, 4) is 0 Å². The number of halogens is 8. The SMILES string of the molecule is CC1N(C(F)(F)F)C=CN1C(F)(F)C(F)(F)F. The fourth-order valence-electron chi connectivity index (χ4n) is 1.30. The van der Waals surface area contributed by atoms with Crippen LogP contribution in [0.2, 0.25) is 0 Å². The van der Waals surface area contributed by atoms with Gasteiger partial charge in [-0.15, -0.1) is 0 Å². The van der Waals surface area contributed by atoms with Crippen molar-refractivity contribution in [1.29, 1.82) is 0 Å². The van der Waals surface area contributed by atoms with Crippen molar-refractivity contribution in [3.63, 3.8) is 0 Å². The molecule has 1 aliphatic heterocycles. The van der Waals surface area contributed by atoms with Crippen molar-refractivity contribution in [1.82, 2.24) is 9.80 Å². The third-order valence-corrected chi connectivity index (χ3v) is 2.15. The molecular weight excluding hydrogens is 264 g/mol. The molecule has 1 rings (SSSR count). The smallest absolute Gasteiger partial charge is 0.290 e. The number of nitrogens with zero attached hydrogens (tertiary/aromatic N) is 2. The van der Waals surface area contributed by atoms with E-state index in [2.05, 4.69) is 0 Å². The molecule has 0 aromatic carbocycles. The minimum Gasteiger partial charge on any atom is -0.290 e. The van der Waals surface area contributed by atoms with Gasteiger partial charge in [-0.25, -0.2) is 0 Å². The highest BCUT2D eigenvalue weighted by atomic mass is 19.4. The van der Waals surface area contributed by atoms with Gasteiger partial charge in [0.05, 0.1) is 0 Å². The second kappa shape index (κ2) is 3.64. The Morgan fingerprint density at radius 3 is 1.53 bits per heavy atom. The molecule has 0 aromatic rings. The molecule has 0 saturated heterocycles. The van der Waals surface area contributed by atoms with Gasteiger partial charge in [0.25, 0.3) is 0 Å². The Balaban J connectivity index is 2.96. The summed E-state index contributed by atoms with van der Waals surface area (Å²) in [4.78, 5) is -1.24. The first kappa shape index (κ1) is 13.8. The molecule has 0 fully saturated rings. The van der Waals surface area contributed by atoms with Crippen LogP contribution < -0.4 is 0 Å². The molecule has 2 nitrogen and oxygen atoms in total. The van der Waals surface area contributed by atoms with Crippen LogP contribution in [0.3, 0.4) is 0 Å². The first-order chi connectivity index (χ1) is 7.39. The highest BCUT2D eigenvalue weighted by Crippen LogP contribution is 2.43. The molecule has 1 atom stereocenters. The van der Waals surface area contributed by atoms with E-state index < -0.39 is 34.5 Å². The second-order valence-electron chi connectivity index (χ2n) is 3.25. The molecule has 0 aromatic heterocycles. The topological polar surface area (TPSA) is 6.48 Å². The molecule has 0 spiro atoms. The van der Waals surface area contributed by atoms with Gasteiger partial charge in [-0.1, -0.05) is 0 Å². The lowest BCUT2D eigenvalue weighted by Gasteiger charge is -2.36.